The second-order valence-electron chi connectivity index (χ2n) is 3.62. The van der Waals surface area contributed by atoms with Gasteiger partial charge in [-0.3, -0.25) is 4.79 Å². The second kappa shape index (κ2) is 5.18. The van der Waals surface area contributed by atoms with E-state index in [1.54, 1.807) is 49.6 Å². The van der Waals surface area contributed by atoms with Gasteiger partial charge in [0.1, 0.15) is 17.3 Å². The topological polar surface area (TPSA) is 77.2 Å². The van der Waals surface area contributed by atoms with Crippen LogP contribution in [0.5, 0.6) is 11.5 Å². The largest absolute Gasteiger partial charge is 0.457 e. The third-order valence-corrected chi connectivity index (χ3v) is 2.36. The van der Waals surface area contributed by atoms with Crippen LogP contribution >= 0.6 is 0 Å². The predicted molar refractivity (Wildman–Crippen MR) is 68.8 cm³/mol. The van der Waals surface area contributed by atoms with Crippen molar-refractivity contribution in [2.75, 3.05) is 12.4 Å². The Morgan fingerprint density at radius 1 is 1.22 bits per heavy atom. The second-order valence-corrected chi connectivity index (χ2v) is 3.62. The van der Waals surface area contributed by atoms with E-state index in [0.29, 0.717) is 17.1 Å². The standard InChI is InChI=1S/C13H13N3O2/c1-15-12-8-11(6-7-16-12)18-10-4-2-9(3-5-10)13(14)17/h2-8H,1H3,(H2,14,17)(H,15,16). The minimum absolute atomic E-state index is 0.452. The van der Waals surface area contributed by atoms with Crippen molar-refractivity contribution in [2.24, 2.45) is 5.73 Å². The third kappa shape index (κ3) is 2.76. The van der Waals surface area contributed by atoms with E-state index in [2.05, 4.69) is 10.3 Å². The summed E-state index contributed by atoms with van der Waals surface area (Å²) in [4.78, 5) is 15.0. The Morgan fingerprint density at radius 3 is 2.56 bits per heavy atom. The number of anilines is 1. The number of nitrogens with two attached hydrogens (primary N) is 1. The quantitative estimate of drug-likeness (QED) is 0.861. The molecule has 0 aliphatic carbocycles. The molecule has 1 aromatic heterocycles. The molecule has 2 aromatic rings. The van der Waals surface area contributed by atoms with E-state index in [4.69, 9.17) is 10.5 Å². The molecule has 1 amide bonds. The van der Waals surface area contributed by atoms with Crippen LogP contribution in [0.25, 0.3) is 0 Å². The van der Waals surface area contributed by atoms with Crippen LogP contribution in [0.3, 0.4) is 0 Å². The van der Waals surface area contributed by atoms with Gasteiger partial charge in [-0.2, -0.15) is 0 Å². The molecule has 0 unspecified atom stereocenters. The van der Waals surface area contributed by atoms with Crippen LogP contribution in [0, 0.1) is 0 Å². The molecule has 0 saturated carbocycles. The minimum Gasteiger partial charge on any atom is -0.457 e. The highest BCUT2D eigenvalue weighted by Crippen LogP contribution is 2.22. The van der Waals surface area contributed by atoms with Crippen molar-refractivity contribution in [1.82, 2.24) is 4.98 Å². The van der Waals surface area contributed by atoms with Crippen LogP contribution in [-0.4, -0.2) is 17.9 Å². The summed E-state index contributed by atoms with van der Waals surface area (Å²) < 4.78 is 5.62. The van der Waals surface area contributed by atoms with E-state index in [9.17, 15) is 4.79 Å². The minimum atomic E-state index is -0.456. The van der Waals surface area contributed by atoms with Gasteiger partial charge in [-0.15, -0.1) is 0 Å². The maximum absolute atomic E-state index is 10.9. The van der Waals surface area contributed by atoms with Crippen LogP contribution in [0.1, 0.15) is 10.4 Å². The highest BCUT2D eigenvalue weighted by Gasteiger charge is 2.02. The summed E-state index contributed by atoms with van der Waals surface area (Å²) in [6.07, 6.45) is 1.65. The molecular weight excluding hydrogens is 230 g/mol. The molecule has 0 aliphatic heterocycles. The molecule has 0 saturated heterocycles. The van der Waals surface area contributed by atoms with E-state index in [-0.39, 0.29) is 0 Å². The van der Waals surface area contributed by atoms with Gasteiger partial charge in [0.25, 0.3) is 0 Å². The van der Waals surface area contributed by atoms with Crippen molar-refractivity contribution >= 4 is 11.7 Å². The van der Waals surface area contributed by atoms with Gasteiger partial charge in [-0.25, -0.2) is 4.98 Å². The SMILES string of the molecule is CNc1cc(Oc2ccc(C(N)=O)cc2)ccn1. The Labute approximate surface area is 105 Å². The normalized spacial score (nSPS) is 9.83. The summed E-state index contributed by atoms with van der Waals surface area (Å²) in [6.45, 7) is 0. The van der Waals surface area contributed by atoms with Crippen molar-refractivity contribution in [3.05, 3.63) is 48.2 Å². The first-order chi connectivity index (χ1) is 8.69. The molecular formula is C13H13N3O2. The maximum atomic E-state index is 10.9. The number of hydrogen-bond donors (Lipinski definition) is 2. The van der Waals surface area contributed by atoms with Gasteiger partial charge in [-0.1, -0.05) is 0 Å². The molecule has 3 N–H and O–H groups in total. The molecule has 1 aromatic carbocycles. The van der Waals surface area contributed by atoms with Gasteiger partial charge >= 0.3 is 0 Å². The lowest BCUT2D eigenvalue weighted by Gasteiger charge is -2.07. The highest BCUT2D eigenvalue weighted by atomic mass is 16.5. The van der Waals surface area contributed by atoms with Gasteiger partial charge in [0, 0.05) is 24.9 Å². The van der Waals surface area contributed by atoms with Crippen LogP contribution in [0.4, 0.5) is 5.82 Å². The number of pyridine rings is 1. The lowest BCUT2D eigenvalue weighted by molar-refractivity contribution is 0.100. The Balaban J connectivity index is 2.15. The number of ether oxygens (including phenoxy) is 1. The molecule has 0 aliphatic rings. The zero-order chi connectivity index (χ0) is 13.0. The first-order valence-electron chi connectivity index (χ1n) is 5.40. The molecule has 0 spiro atoms. The summed E-state index contributed by atoms with van der Waals surface area (Å²) >= 11 is 0. The Morgan fingerprint density at radius 2 is 1.94 bits per heavy atom. The van der Waals surface area contributed by atoms with Crippen LogP contribution in [0.2, 0.25) is 0 Å². The maximum Gasteiger partial charge on any atom is 0.248 e. The lowest BCUT2D eigenvalue weighted by Crippen LogP contribution is -2.10. The number of rotatable bonds is 4. The Bertz CT molecular complexity index is 552. The summed E-state index contributed by atoms with van der Waals surface area (Å²) in [6, 6.07) is 10.2. The van der Waals surface area contributed by atoms with Crippen LogP contribution < -0.4 is 15.8 Å². The number of primary amides is 1. The fraction of sp³-hybridized carbons (Fsp3) is 0.0769. The zero-order valence-electron chi connectivity index (χ0n) is 9.88. The van der Waals surface area contributed by atoms with Crippen molar-refractivity contribution < 1.29 is 9.53 Å². The smallest absolute Gasteiger partial charge is 0.248 e. The van der Waals surface area contributed by atoms with Crippen LogP contribution in [0.15, 0.2) is 42.6 Å². The van der Waals surface area contributed by atoms with E-state index in [1.165, 1.54) is 0 Å². The molecule has 18 heavy (non-hydrogen) atoms. The van der Waals surface area contributed by atoms with Gasteiger partial charge in [0.05, 0.1) is 0 Å². The number of hydrogen-bond acceptors (Lipinski definition) is 4. The Hall–Kier alpha value is -2.56. The van der Waals surface area contributed by atoms with Crippen molar-refractivity contribution in [3.8, 4) is 11.5 Å². The predicted octanol–water partition coefficient (Wildman–Crippen LogP) is 2.01. The van der Waals surface area contributed by atoms with E-state index < -0.39 is 5.91 Å². The van der Waals surface area contributed by atoms with Gasteiger partial charge in [-0.05, 0) is 30.3 Å². The molecule has 5 nitrogen and oxygen atoms in total. The third-order valence-electron chi connectivity index (χ3n) is 2.36. The number of aromatic nitrogens is 1. The monoisotopic (exact) mass is 243 g/mol. The number of carbonyl (C=O) groups is 1. The first kappa shape index (κ1) is 11.9. The Kier molecular flexibility index (Phi) is 3.43. The number of nitrogens with one attached hydrogen (secondary N) is 1. The number of carbonyl (C=O) groups excluding carboxylic acids is 1. The summed E-state index contributed by atoms with van der Waals surface area (Å²) in [7, 11) is 1.79. The molecule has 0 fully saturated rings. The van der Waals surface area contributed by atoms with Crippen LogP contribution in [-0.2, 0) is 0 Å². The first-order valence-corrected chi connectivity index (χ1v) is 5.40. The fourth-order valence-corrected chi connectivity index (χ4v) is 1.43. The van der Waals surface area contributed by atoms with Gasteiger partial charge in [0.2, 0.25) is 5.91 Å². The molecule has 2 rings (SSSR count). The number of benzene rings is 1. The highest BCUT2D eigenvalue weighted by molar-refractivity contribution is 5.92. The molecule has 5 heteroatoms. The van der Waals surface area contributed by atoms with E-state index in [1.807, 2.05) is 0 Å². The molecule has 92 valence electrons. The van der Waals surface area contributed by atoms with Gasteiger partial charge in [0.15, 0.2) is 0 Å². The van der Waals surface area contributed by atoms with Crippen molar-refractivity contribution in [3.63, 3.8) is 0 Å². The molecule has 0 atom stereocenters. The van der Waals surface area contributed by atoms with Crippen molar-refractivity contribution in [2.45, 2.75) is 0 Å². The molecule has 1 heterocycles. The summed E-state index contributed by atoms with van der Waals surface area (Å²) in [5, 5.41) is 2.92. The van der Waals surface area contributed by atoms with Crippen molar-refractivity contribution in [1.29, 1.82) is 0 Å². The summed E-state index contributed by atoms with van der Waals surface area (Å²) in [5.74, 6) is 1.57. The average Bonchev–Trinajstić information content (AvgIpc) is 2.39. The van der Waals surface area contributed by atoms with Gasteiger partial charge < -0.3 is 15.8 Å². The number of amides is 1. The van der Waals surface area contributed by atoms with E-state index >= 15 is 0 Å². The number of nitrogens with zero attached hydrogens (tertiary/aromatic N) is 1. The zero-order valence-corrected chi connectivity index (χ0v) is 9.88. The lowest BCUT2D eigenvalue weighted by atomic mass is 10.2. The molecule has 0 bridgehead atoms. The fourth-order valence-electron chi connectivity index (χ4n) is 1.43. The van der Waals surface area contributed by atoms with E-state index in [0.717, 1.165) is 5.82 Å². The molecule has 0 radical (unpaired) electrons. The summed E-state index contributed by atoms with van der Waals surface area (Å²) in [5.41, 5.74) is 5.61. The average molecular weight is 243 g/mol.